The number of hydrogen-bond donors (Lipinski definition) is 2. The number of aromatic amines is 1. The van der Waals surface area contributed by atoms with Crippen LogP contribution in [-0.2, 0) is 6.54 Å². The first kappa shape index (κ1) is 20.0. The van der Waals surface area contributed by atoms with Crippen molar-refractivity contribution in [2.24, 2.45) is 0 Å². The van der Waals surface area contributed by atoms with Crippen molar-refractivity contribution in [3.05, 3.63) is 91.8 Å². The van der Waals surface area contributed by atoms with Crippen LogP contribution in [0.2, 0.25) is 0 Å². The van der Waals surface area contributed by atoms with Crippen LogP contribution in [0.15, 0.2) is 53.6 Å². The molecule has 0 aliphatic heterocycles. The second-order valence-electron chi connectivity index (χ2n) is 7.05. The molecule has 31 heavy (non-hydrogen) atoms. The first-order valence-corrected chi connectivity index (χ1v) is 9.39. The van der Waals surface area contributed by atoms with E-state index in [1.165, 1.54) is 6.33 Å². The maximum atomic E-state index is 12.6. The predicted octanol–water partition coefficient (Wildman–Crippen LogP) is 2.95. The fraction of sp³-hybridized carbons (Fsp3) is 0.143. The zero-order valence-electron chi connectivity index (χ0n) is 16.7. The molecule has 0 radical (unpaired) electrons. The van der Waals surface area contributed by atoms with Crippen molar-refractivity contribution in [1.82, 2.24) is 19.7 Å². The largest absolute Gasteiger partial charge is 0.322 e. The molecule has 0 saturated heterocycles. The van der Waals surface area contributed by atoms with Crippen molar-refractivity contribution in [2.75, 3.05) is 5.32 Å². The van der Waals surface area contributed by atoms with Gasteiger partial charge in [-0.15, -0.1) is 0 Å². The summed E-state index contributed by atoms with van der Waals surface area (Å²) in [5.41, 5.74) is 2.87. The van der Waals surface area contributed by atoms with E-state index in [2.05, 4.69) is 20.4 Å². The number of rotatable bonds is 5. The summed E-state index contributed by atoms with van der Waals surface area (Å²) < 4.78 is 1.57. The number of nitrogens with one attached hydrogen (secondary N) is 2. The molecule has 4 rings (SSSR count). The lowest BCUT2D eigenvalue weighted by atomic mass is 10.1. The molecule has 2 aromatic heterocycles. The summed E-state index contributed by atoms with van der Waals surface area (Å²) in [5.74, 6) is -0.326. The Bertz CT molecular complexity index is 1370. The van der Waals surface area contributed by atoms with Crippen molar-refractivity contribution in [2.45, 2.75) is 20.4 Å². The van der Waals surface area contributed by atoms with Crippen LogP contribution in [0, 0.1) is 24.0 Å². The van der Waals surface area contributed by atoms with E-state index >= 15 is 0 Å². The lowest BCUT2D eigenvalue weighted by Crippen LogP contribution is -2.13. The van der Waals surface area contributed by atoms with Gasteiger partial charge in [-0.1, -0.05) is 12.1 Å². The molecule has 0 aliphatic carbocycles. The number of benzene rings is 2. The molecule has 2 N–H and O–H groups in total. The number of hydrogen-bond acceptors (Lipinski definition) is 6. The summed E-state index contributed by atoms with van der Waals surface area (Å²) in [6, 6.07) is 11.8. The Kier molecular flexibility index (Phi) is 5.04. The molecule has 2 heterocycles. The Balaban J connectivity index is 1.50. The standard InChI is InChI=1S/C21H18N6O4/c1-12-19(27(30)31)13(2)26(25-12)10-14-3-5-15(6-4-14)20(28)24-16-7-8-18-17(9-16)21(29)23-11-22-18/h3-9,11H,10H2,1-2H3,(H,24,28)(H,22,23,29). The van der Waals surface area contributed by atoms with E-state index in [0.29, 0.717) is 40.1 Å². The number of carbonyl (C=O) groups is 1. The van der Waals surface area contributed by atoms with Crippen molar-refractivity contribution in [3.8, 4) is 0 Å². The zero-order valence-corrected chi connectivity index (χ0v) is 16.7. The maximum absolute atomic E-state index is 12.6. The van der Waals surface area contributed by atoms with E-state index in [1.807, 2.05) is 0 Å². The average molecular weight is 418 g/mol. The number of fused-ring (bicyclic) bond motifs is 1. The van der Waals surface area contributed by atoms with Gasteiger partial charge >= 0.3 is 5.69 Å². The van der Waals surface area contributed by atoms with Crippen molar-refractivity contribution >= 4 is 28.2 Å². The first-order valence-electron chi connectivity index (χ1n) is 9.39. The molecule has 4 aromatic rings. The Morgan fingerprint density at radius 1 is 1.19 bits per heavy atom. The smallest absolute Gasteiger partial charge is 0.312 e. The fourth-order valence-electron chi connectivity index (χ4n) is 3.39. The van der Waals surface area contributed by atoms with Gasteiger partial charge in [-0.3, -0.25) is 24.4 Å². The van der Waals surface area contributed by atoms with E-state index in [-0.39, 0.29) is 17.2 Å². The quantitative estimate of drug-likeness (QED) is 0.378. The van der Waals surface area contributed by atoms with E-state index < -0.39 is 4.92 Å². The van der Waals surface area contributed by atoms with Crippen molar-refractivity contribution < 1.29 is 9.72 Å². The van der Waals surface area contributed by atoms with Crippen LogP contribution in [0.1, 0.15) is 27.3 Å². The molecule has 0 aliphatic rings. The number of nitro groups is 1. The highest BCUT2D eigenvalue weighted by atomic mass is 16.6. The van der Waals surface area contributed by atoms with Crippen LogP contribution in [0.25, 0.3) is 10.9 Å². The van der Waals surface area contributed by atoms with Crippen LogP contribution < -0.4 is 10.9 Å². The van der Waals surface area contributed by atoms with Gasteiger partial charge in [0.1, 0.15) is 11.4 Å². The Hall–Kier alpha value is -4.34. The normalized spacial score (nSPS) is 10.9. The van der Waals surface area contributed by atoms with Crippen molar-refractivity contribution in [1.29, 1.82) is 0 Å². The van der Waals surface area contributed by atoms with Crippen molar-refractivity contribution in [3.63, 3.8) is 0 Å². The third kappa shape index (κ3) is 3.90. The fourth-order valence-corrected chi connectivity index (χ4v) is 3.39. The van der Waals surface area contributed by atoms with Gasteiger partial charge in [0.25, 0.3) is 11.5 Å². The van der Waals surface area contributed by atoms with E-state index in [1.54, 1.807) is 61.0 Å². The minimum atomic E-state index is -0.432. The van der Waals surface area contributed by atoms with Gasteiger partial charge < -0.3 is 10.3 Å². The minimum absolute atomic E-state index is 0.0143. The number of amides is 1. The number of carbonyl (C=O) groups excluding carboxylic acids is 1. The first-order chi connectivity index (χ1) is 14.8. The van der Waals surface area contributed by atoms with E-state index in [0.717, 1.165) is 5.56 Å². The van der Waals surface area contributed by atoms with E-state index in [4.69, 9.17) is 0 Å². The third-order valence-corrected chi connectivity index (χ3v) is 4.97. The predicted molar refractivity (Wildman–Crippen MR) is 114 cm³/mol. The van der Waals surface area contributed by atoms with Gasteiger partial charge in [-0.05, 0) is 49.7 Å². The summed E-state index contributed by atoms with van der Waals surface area (Å²) in [6.45, 7) is 3.61. The number of anilines is 1. The number of H-pyrrole nitrogens is 1. The summed E-state index contributed by atoms with van der Waals surface area (Å²) in [7, 11) is 0. The molecule has 0 atom stereocenters. The van der Waals surface area contributed by atoms with Gasteiger partial charge in [0.15, 0.2) is 0 Å². The number of aryl methyl sites for hydroxylation is 1. The van der Waals surface area contributed by atoms with Crippen LogP contribution in [0.4, 0.5) is 11.4 Å². The molecule has 0 unspecified atom stereocenters. The highest BCUT2D eigenvalue weighted by Crippen LogP contribution is 2.22. The minimum Gasteiger partial charge on any atom is -0.322 e. The molecule has 1 amide bonds. The highest BCUT2D eigenvalue weighted by Gasteiger charge is 2.21. The maximum Gasteiger partial charge on any atom is 0.312 e. The Morgan fingerprint density at radius 2 is 1.94 bits per heavy atom. The molecule has 156 valence electrons. The number of aromatic nitrogens is 4. The highest BCUT2D eigenvalue weighted by molar-refractivity contribution is 6.05. The lowest BCUT2D eigenvalue weighted by Gasteiger charge is -2.08. The van der Waals surface area contributed by atoms with Crippen LogP contribution in [-0.4, -0.2) is 30.6 Å². The third-order valence-electron chi connectivity index (χ3n) is 4.97. The summed E-state index contributed by atoms with van der Waals surface area (Å²) >= 11 is 0. The summed E-state index contributed by atoms with van der Waals surface area (Å²) in [4.78, 5) is 41.8. The van der Waals surface area contributed by atoms with Gasteiger partial charge in [0.2, 0.25) is 0 Å². The monoisotopic (exact) mass is 418 g/mol. The van der Waals surface area contributed by atoms with Gasteiger partial charge in [-0.2, -0.15) is 5.10 Å². The van der Waals surface area contributed by atoms with Crippen LogP contribution in [0.3, 0.4) is 0 Å². The second kappa shape index (κ2) is 7.82. The molecular weight excluding hydrogens is 400 g/mol. The van der Waals surface area contributed by atoms with Gasteiger partial charge in [0, 0.05) is 11.3 Å². The molecule has 0 spiro atoms. The van der Waals surface area contributed by atoms with Gasteiger partial charge in [0.05, 0.1) is 28.7 Å². The lowest BCUT2D eigenvalue weighted by molar-refractivity contribution is -0.386. The SMILES string of the molecule is Cc1nn(Cc2ccc(C(=O)Nc3ccc4nc[nH]c(=O)c4c3)cc2)c(C)c1[N+](=O)[O-]. The molecule has 2 aromatic carbocycles. The topological polar surface area (TPSA) is 136 Å². The Morgan fingerprint density at radius 3 is 2.61 bits per heavy atom. The zero-order chi connectivity index (χ0) is 22.1. The van der Waals surface area contributed by atoms with E-state index in [9.17, 15) is 19.7 Å². The molecule has 10 heteroatoms. The van der Waals surface area contributed by atoms with Crippen LogP contribution >= 0.6 is 0 Å². The average Bonchev–Trinajstić information content (AvgIpc) is 3.02. The molecule has 0 fully saturated rings. The Labute approximate surface area is 175 Å². The molecular formula is C21H18N6O4. The summed E-state index contributed by atoms with van der Waals surface area (Å²) in [6.07, 6.45) is 1.33. The molecule has 0 saturated carbocycles. The second-order valence-corrected chi connectivity index (χ2v) is 7.05. The summed E-state index contributed by atoms with van der Waals surface area (Å²) in [5, 5.41) is 18.5. The number of nitrogens with zero attached hydrogens (tertiary/aromatic N) is 4. The molecule has 0 bridgehead atoms. The molecule has 10 nitrogen and oxygen atoms in total. The van der Waals surface area contributed by atoms with Gasteiger partial charge in [-0.25, -0.2) is 4.98 Å². The van der Waals surface area contributed by atoms with Crippen LogP contribution in [0.5, 0.6) is 0 Å².